The van der Waals surface area contributed by atoms with E-state index in [1.807, 2.05) is 18.2 Å². The van der Waals surface area contributed by atoms with Crippen LogP contribution in [0.3, 0.4) is 0 Å². The quantitative estimate of drug-likeness (QED) is 0.149. The first-order valence-electron chi connectivity index (χ1n) is 19.1. The van der Waals surface area contributed by atoms with E-state index in [0.29, 0.717) is 22.8 Å². The van der Waals surface area contributed by atoms with Crippen molar-refractivity contribution in [2.24, 2.45) is 0 Å². The number of piperazine rings is 1. The van der Waals surface area contributed by atoms with Crippen molar-refractivity contribution in [2.45, 2.75) is 69.2 Å². The van der Waals surface area contributed by atoms with E-state index in [4.69, 9.17) is 0 Å². The number of fused-ring (bicyclic) bond motifs is 2. The van der Waals surface area contributed by atoms with E-state index in [2.05, 4.69) is 75.8 Å². The Kier molecular flexibility index (Phi) is 9.84. The zero-order valence-electron chi connectivity index (χ0n) is 30.0. The van der Waals surface area contributed by atoms with E-state index in [9.17, 15) is 24.3 Å². The minimum absolute atomic E-state index is 0.111. The van der Waals surface area contributed by atoms with Crippen LogP contribution < -0.4 is 10.2 Å². The summed E-state index contributed by atoms with van der Waals surface area (Å²) in [5, 5.41) is 12.4. The maximum Gasteiger partial charge on any atom is 0.262 e. The predicted octanol–water partition coefficient (Wildman–Crippen LogP) is 6.19. The molecule has 0 saturated carbocycles. The van der Waals surface area contributed by atoms with Crippen LogP contribution in [-0.4, -0.2) is 77.3 Å². The first-order valence-corrected chi connectivity index (χ1v) is 19.1. The van der Waals surface area contributed by atoms with Crippen LogP contribution in [0.2, 0.25) is 0 Å². The Labute approximate surface area is 310 Å². The number of rotatable bonds is 10. The molecule has 0 spiro atoms. The van der Waals surface area contributed by atoms with Gasteiger partial charge in [-0.3, -0.25) is 34.3 Å². The van der Waals surface area contributed by atoms with E-state index in [1.165, 1.54) is 27.9 Å². The number of amides is 4. The van der Waals surface area contributed by atoms with Crippen LogP contribution in [0.4, 0.5) is 5.69 Å². The lowest BCUT2D eigenvalue weighted by atomic mass is 9.69. The normalized spacial score (nSPS) is 21.8. The number of benzene rings is 4. The van der Waals surface area contributed by atoms with Gasteiger partial charge in [-0.05, 0) is 115 Å². The molecule has 4 aliphatic rings. The fourth-order valence-corrected chi connectivity index (χ4v) is 8.91. The summed E-state index contributed by atoms with van der Waals surface area (Å²) < 4.78 is 0. The van der Waals surface area contributed by atoms with Crippen molar-refractivity contribution in [1.29, 1.82) is 0 Å². The molecule has 0 aromatic heterocycles. The van der Waals surface area contributed by atoms with Crippen molar-refractivity contribution < 1.29 is 24.3 Å². The third-order valence-electron chi connectivity index (χ3n) is 11.8. The molecule has 3 aliphatic heterocycles. The summed E-state index contributed by atoms with van der Waals surface area (Å²) >= 11 is 0. The SMILES string of the molecule is O=C1CCC(N2C(=O)c3ccc(CCCCCN4CCN(c5ccc([C@@H]6c7ccc(O)cc7CC[C@@H]6c6ccccc6)cc5)CC4)cc3C2=O)C(=O)N1. The van der Waals surface area contributed by atoms with Crippen LogP contribution in [0, 0.1) is 0 Å². The van der Waals surface area contributed by atoms with Crippen LogP contribution in [-0.2, 0) is 22.4 Å². The zero-order chi connectivity index (χ0) is 36.5. The molecular formula is C44H46N4O5. The second kappa shape index (κ2) is 15.0. The minimum atomic E-state index is -0.943. The lowest BCUT2D eigenvalue weighted by Gasteiger charge is -2.37. The number of hydrogen-bond acceptors (Lipinski definition) is 7. The van der Waals surface area contributed by atoms with Crippen LogP contribution in [0.1, 0.15) is 98.9 Å². The summed E-state index contributed by atoms with van der Waals surface area (Å²) in [6.07, 6.45) is 6.27. The summed E-state index contributed by atoms with van der Waals surface area (Å²) in [6.45, 7) is 5.11. The number of phenols is 1. The van der Waals surface area contributed by atoms with Gasteiger partial charge in [0.05, 0.1) is 11.1 Å². The van der Waals surface area contributed by atoms with Gasteiger partial charge in [-0.1, -0.05) is 61.0 Å². The van der Waals surface area contributed by atoms with Crippen LogP contribution >= 0.6 is 0 Å². The van der Waals surface area contributed by atoms with Gasteiger partial charge in [-0.15, -0.1) is 0 Å². The van der Waals surface area contributed by atoms with E-state index < -0.39 is 23.8 Å². The van der Waals surface area contributed by atoms with Gasteiger partial charge in [0.25, 0.3) is 11.8 Å². The third-order valence-corrected chi connectivity index (χ3v) is 11.8. The molecule has 3 atom stereocenters. The first-order chi connectivity index (χ1) is 25.8. The fourth-order valence-electron chi connectivity index (χ4n) is 8.91. The van der Waals surface area contributed by atoms with Crippen molar-refractivity contribution in [1.82, 2.24) is 15.1 Å². The van der Waals surface area contributed by atoms with Gasteiger partial charge in [0.2, 0.25) is 11.8 Å². The molecule has 1 aliphatic carbocycles. The standard InChI is InChI=1S/C44H46N4O5/c49-34-16-19-36-32(28-34)13-18-35(30-8-4-1-5-9-30)41(36)31-11-14-33(15-12-31)47-25-23-46(24-26-47)22-6-2-3-7-29-10-17-37-38(27-29)44(53)48(43(37)52)39-20-21-40(50)45-42(39)51/h1,4-5,8-12,14-17,19,27-28,35,39,41,49H,2-3,6-7,13,18,20-26H2,(H,45,50,51)/t35-,39?,41+/m1/s1. The number of carbonyl (C=O) groups excluding carboxylic acids is 4. The highest BCUT2D eigenvalue weighted by molar-refractivity contribution is 6.23. The second-order valence-corrected chi connectivity index (χ2v) is 15.0. The van der Waals surface area contributed by atoms with Crippen LogP contribution in [0.25, 0.3) is 0 Å². The number of aromatic hydroxyl groups is 1. The number of nitrogens with one attached hydrogen (secondary N) is 1. The molecule has 0 bridgehead atoms. The molecule has 4 aromatic rings. The third kappa shape index (κ3) is 7.10. The summed E-state index contributed by atoms with van der Waals surface area (Å²) in [7, 11) is 0. The molecule has 9 heteroatoms. The number of imide groups is 2. The van der Waals surface area contributed by atoms with Gasteiger partial charge in [-0.25, -0.2) is 0 Å². The molecule has 1 unspecified atom stereocenters. The van der Waals surface area contributed by atoms with E-state index in [0.717, 1.165) is 81.7 Å². The highest BCUT2D eigenvalue weighted by Gasteiger charge is 2.44. The van der Waals surface area contributed by atoms with Gasteiger partial charge in [0.15, 0.2) is 0 Å². The topological polar surface area (TPSA) is 110 Å². The number of anilines is 1. The molecule has 4 amide bonds. The highest BCUT2D eigenvalue weighted by atomic mass is 16.3. The van der Waals surface area contributed by atoms with Gasteiger partial charge < -0.3 is 10.0 Å². The van der Waals surface area contributed by atoms with Crippen LogP contribution in [0.15, 0.2) is 91.0 Å². The summed E-state index contributed by atoms with van der Waals surface area (Å²) in [5.41, 5.74) is 8.21. The van der Waals surface area contributed by atoms with E-state index >= 15 is 0 Å². The van der Waals surface area contributed by atoms with E-state index in [1.54, 1.807) is 12.1 Å². The number of phenolic OH excluding ortho intramolecular Hbond substituents is 1. The summed E-state index contributed by atoms with van der Waals surface area (Å²) in [4.78, 5) is 56.1. The van der Waals surface area contributed by atoms with Gasteiger partial charge in [0, 0.05) is 44.2 Å². The van der Waals surface area contributed by atoms with Crippen molar-refractivity contribution >= 4 is 29.3 Å². The molecule has 2 fully saturated rings. The van der Waals surface area contributed by atoms with Crippen LogP contribution in [0.5, 0.6) is 5.75 Å². The molecular weight excluding hydrogens is 665 g/mol. The zero-order valence-corrected chi connectivity index (χ0v) is 30.0. The van der Waals surface area contributed by atoms with Crippen molar-refractivity contribution in [3.8, 4) is 5.75 Å². The van der Waals surface area contributed by atoms with E-state index in [-0.39, 0.29) is 24.7 Å². The lowest BCUT2D eigenvalue weighted by molar-refractivity contribution is -0.136. The number of aryl methyl sites for hydroxylation is 2. The number of nitrogens with zero attached hydrogens (tertiary/aromatic N) is 3. The Morgan fingerprint density at radius 2 is 1.47 bits per heavy atom. The molecule has 0 radical (unpaired) electrons. The largest absolute Gasteiger partial charge is 0.508 e. The molecule has 272 valence electrons. The maximum absolute atomic E-state index is 13.2. The van der Waals surface area contributed by atoms with Crippen molar-refractivity contribution in [3.63, 3.8) is 0 Å². The number of unbranched alkanes of at least 4 members (excludes halogenated alkanes) is 2. The van der Waals surface area contributed by atoms with Gasteiger partial charge in [0.1, 0.15) is 11.8 Å². The number of carbonyl (C=O) groups is 4. The number of hydrogen-bond donors (Lipinski definition) is 2. The smallest absolute Gasteiger partial charge is 0.262 e. The lowest BCUT2D eigenvalue weighted by Crippen LogP contribution is -2.54. The summed E-state index contributed by atoms with van der Waals surface area (Å²) in [6, 6.07) is 30.4. The first kappa shape index (κ1) is 34.8. The maximum atomic E-state index is 13.2. The molecule has 53 heavy (non-hydrogen) atoms. The second-order valence-electron chi connectivity index (χ2n) is 15.0. The molecule has 2 saturated heterocycles. The van der Waals surface area contributed by atoms with Crippen molar-refractivity contribution in [3.05, 3.63) is 130 Å². The van der Waals surface area contributed by atoms with Gasteiger partial charge >= 0.3 is 0 Å². The molecule has 4 aromatic carbocycles. The Morgan fingerprint density at radius 1 is 0.698 bits per heavy atom. The Bertz CT molecular complexity index is 2020. The highest BCUT2D eigenvalue weighted by Crippen LogP contribution is 2.47. The molecule has 9 nitrogen and oxygen atoms in total. The van der Waals surface area contributed by atoms with Gasteiger partial charge in [-0.2, -0.15) is 0 Å². The monoisotopic (exact) mass is 710 g/mol. The predicted molar refractivity (Wildman–Crippen MR) is 203 cm³/mol. The molecule has 3 heterocycles. The average molecular weight is 711 g/mol. The Morgan fingerprint density at radius 3 is 2.25 bits per heavy atom. The average Bonchev–Trinajstić information content (AvgIpc) is 3.42. The molecule has 8 rings (SSSR count). The van der Waals surface area contributed by atoms with Crippen molar-refractivity contribution in [2.75, 3.05) is 37.6 Å². The number of piperidine rings is 1. The summed E-state index contributed by atoms with van der Waals surface area (Å²) in [5.74, 6) is -0.906. The Balaban J connectivity index is 0.811. The minimum Gasteiger partial charge on any atom is -0.508 e. The molecule has 2 N–H and O–H groups in total. The fraction of sp³-hybridized carbons (Fsp3) is 0.364. The Hall–Kier alpha value is -5.28.